The lowest BCUT2D eigenvalue weighted by Crippen LogP contribution is -2.21. The summed E-state index contributed by atoms with van der Waals surface area (Å²) in [6, 6.07) is -0.173. The van der Waals surface area contributed by atoms with E-state index in [1.54, 1.807) is 0 Å². The molecule has 1 aromatic heterocycles. The fourth-order valence-electron chi connectivity index (χ4n) is 1.21. The second-order valence-corrected chi connectivity index (χ2v) is 6.15. The molecule has 0 unspecified atom stereocenters. The largest absolute Gasteiger partial charge is 0.573 e. The molecule has 0 saturated heterocycles. The standard InChI is InChI=1S/C8H3Cl2F6NO3S/c9-2-4-5(20-8(14,15)16)1-3(7(11,12)13)6(17-4)21(10,18)19/h1H,2H2. The molecule has 0 radical (unpaired) electrons. The molecule has 1 rings (SSSR count). The number of rotatable bonds is 3. The summed E-state index contributed by atoms with van der Waals surface area (Å²) in [6.45, 7) is 0. The summed E-state index contributed by atoms with van der Waals surface area (Å²) in [5.74, 6) is -2.20. The van der Waals surface area contributed by atoms with Gasteiger partial charge in [-0.15, -0.1) is 24.8 Å². The molecule has 0 aliphatic heterocycles. The molecule has 0 N–H and O–H groups in total. The first-order valence-electron chi connectivity index (χ1n) is 4.63. The third-order valence-electron chi connectivity index (χ3n) is 1.92. The van der Waals surface area contributed by atoms with Gasteiger partial charge in [-0.2, -0.15) is 13.2 Å². The molecule has 4 nitrogen and oxygen atoms in total. The first kappa shape index (κ1) is 18.1. The number of hydrogen-bond acceptors (Lipinski definition) is 4. The number of alkyl halides is 7. The van der Waals surface area contributed by atoms with Crippen molar-refractivity contribution in [1.29, 1.82) is 0 Å². The highest BCUT2D eigenvalue weighted by atomic mass is 35.7. The van der Waals surface area contributed by atoms with Crippen molar-refractivity contribution >= 4 is 31.3 Å². The van der Waals surface area contributed by atoms with E-state index in [4.69, 9.17) is 22.3 Å². The molecule has 13 heteroatoms. The monoisotopic (exact) mass is 377 g/mol. The molecule has 1 aromatic rings. The number of ether oxygens (including phenoxy) is 1. The van der Waals surface area contributed by atoms with Gasteiger partial charge in [-0.05, 0) is 6.07 Å². The van der Waals surface area contributed by atoms with Crippen LogP contribution in [0.5, 0.6) is 5.75 Å². The Morgan fingerprint density at radius 1 is 1.19 bits per heavy atom. The molecule has 120 valence electrons. The van der Waals surface area contributed by atoms with Gasteiger partial charge >= 0.3 is 12.5 Å². The van der Waals surface area contributed by atoms with E-state index in [1.807, 2.05) is 0 Å². The van der Waals surface area contributed by atoms with Crippen LogP contribution in [0.2, 0.25) is 0 Å². The average molecular weight is 378 g/mol. The van der Waals surface area contributed by atoms with E-state index < -0.39 is 49.5 Å². The molecular formula is C8H3Cl2F6NO3S. The Balaban J connectivity index is 3.65. The lowest BCUT2D eigenvalue weighted by Gasteiger charge is -2.16. The van der Waals surface area contributed by atoms with Gasteiger partial charge in [0.15, 0.2) is 10.8 Å². The molecule has 0 spiro atoms. The van der Waals surface area contributed by atoms with Crippen LogP contribution in [0.15, 0.2) is 11.1 Å². The van der Waals surface area contributed by atoms with Crippen molar-refractivity contribution in [3.63, 3.8) is 0 Å². The van der Waals surface area contributed by atoms with Gasteiger partial charge in [0.1, 0.15) is 0 Å². The minimum absolute atomic E-state index is 0.173. The minimum Gasteiger partial charge on any atom is -0.404 e. The summed E-state index contributed by atoms with van der Waals surface area (Å²) in [5, 5.41) is -1.65. The fourth-order valence-corrected chi connectivity index (χ4v) is 2.41. The van der Waals surface area contributed by atoms with Gasteiger partial charge in [-0.1, -0.05) is 0 Å². The zero-order chi connectivity index (χ0) is 16.6. The summed E-state index contributed by atoms with van der Waals surface area (Å²) < 4.78 is 99.9. The zero-order valence-electron chi connectivity index (χ0n) is 9.39. The Morgan fingerprint density at radius 2 is 1.71 bits per heavy atom. The van der Waals surface area contributed by atoms with E-state index in [0.717, 1.165) is 0 Å². The van der Waals surface area contributed by atoms with Gasteiger partial charge in [0.2, 0.25) is 0 Å². The van der Waals surface area contributed by atoms with Crippen molar-refractivity contribution < 1.29 is 39.5 Å². The van der Waals surface area contributed by atoms with Crippen molar-refractivity contribution in [3.05, 3.63) is 17.3 Å². The summed E-state index contributed by atoms with van der Waals surface area (Å²) in [7, 11) is -0.176. The Labute approximate surface area is 123 Å². The Bertz CT molecular complexity index is 643. The molecule has 0 saturated carbocycles. The SMILES string of the molecule is O=S(=O)(Cl)c1nc(CCl)c(OC(F)(F)F)cc1C(F)(F)F. The smallest absolute Gasteiger partial charge is 0.404 e. The normalized spacial score (nSPS) is 13.3. The Hall–Kier alpha value is -0.940. The number of hydrogen-bond donors (Lipinski definition) is 0. The van der Waals surface area contributed by atoms with E-state index in [1.165, 1.54) is 0 Å². The zero-order valence-corrected chi connectivity index (χ0v) is 11.7. The van der Waals surface area contributed by atoms with Gasteiger partial charge in [0.25, 0.3) is 9.05 Å². The molecule has 1 heterocycles. The Morgan fingerprint density at radius 3 is 2.05 bits per heavy atom. The topological polar surface area (TPSA) is 56.3 Å². The lowest BCUT2D eigenvalue weighted by molar-refractivity contribution is -0.275. The van der Waals surface area contributed by atoms with Crippen molar-refractivity contribution in [1.82, 2.24) is 4.98 Å². The maximum atomic E-state index is 12.7. The van der Waals surface area contributed by atoms with Crippen LogP contribution >= 0.6 is 22.3 Å². The highest BCUT2D eigenvalue weighted by Crippen LogP contribution is 2.39. The van der Waals surface area contributed by atoms with E-state index in [0.29, 0.717) is 0 Å². The third kappa shape index (κ3) is 4.78. The maximum absolute atomic E-state index is 12.7. The summed E-state index contributed by atoms with van der Waals surface area (Å²) in [5.41, 5.74) is -2.85. The van der Waals surface area contributed by atoms with Crippen LogP contribution in [0.1, 0.15) is 11.3 Å². The van der Waals surface area contributed by atoms with Gasteiger partial charge in [-0.3, -0.25) is 0 Å². The average Bonchev–Trinajstić information content (AvgIpc) is 2.23. The second-order valence-electron chi connectivity index (χ2n) is 3.40. The fraction of sp³-hybridized carbons (Fsp3) is 0.375. The third-order valence-corrected chi connectivity index (χ3v) is 3.38. The van der Waals surface area contributed by atoms with Gasteiger partial charge in [0, 0.05) is 10.7 Å². The second kappa shape index (κ2) is 5.69. The van der Waals surface area contributed by atoms with Crippen molar-refractivity contribution in [2.75, 3.05) is 0 Å². The van der Waals surface area contributed by atoms with Gasteiger partial charge in [-0.25, -0.2) is 13.4 Å². The first-order chi connectivity index (χ1) is 9.25. The molecule has 0 fully saturated rings. The maximum Gasteiger partial charge on any atom is 0.573 e. The number of nitrogens with zero attached hydrogens (tertiary/aromatic N) is 1. The number of pyridine rings is 1. The van der Waals surface area contributed by atoms with Gasteiger partial charge in [0.05, 0.1) is 17.1 Å². The van der Waals surface area contributed by atoms with Crippen molar-refractivity contribution in [3.8, 4) is 5.75 Å². The van der Waals surface area contributed by atoms with E-state index >= 15 is 0 Å². The van der Waals surface area contributed by atoms with E-state index in [2.05, 4.69) is 9.72 Å². The number of aromatic nitrogens is 1. The van der Waals surface area contributed by atoms with Gasteiger partial charge < -0.3 is 4.74 Å². The minimum atomic E-state index is -5.32. The Kier molecular flexibility index (Phi) is 4.91. The van der Waals surface area contributed by atoms with Crippen molar-refractivity contribution in [2.24, 2.45) is 0 Å². The summed E-state index contributed by atoms with van der Waals surface area (Å²) in [6.07, 6.45) is -10.6. The lowest BCUT2D eigenvalue weighted by atomic mass is 10.2. The molecule has 0 bridgehead atoms. The number of halogens is 8. The summed E-state index contributed by atoms with van der Waals surface area (Å²) >= 11 is 5.22. The summed E-state index contributed by atoms with van der Waals surface area (Å²) in [4.78, 5) is 2.92. The van der Waals surface area contributed by atoms with Crippen LogP contribution < -0.4 is 4.74 Å². The highest BCUT2D eigenvalue weighted by molar-refractivity contribution is 8.13. The molecule has 0 aliphatic carbocycles. The molecule has 0 atom stereocenters. The van der Waals surface area contributed by atoms with Crippen molar-refractivity contribution in [2.45, 2.75) is 23.4 Å². The van der Waals surface area contributed by atoms with Crippen LogP contribution in [-0.4, -0.2) is 19.8 Å². The van der Waals surface area contributed by atoms with Crippen LogP contribution in [0.4, 0.5) is 26.3 Å². The predicted octanol–water partition coefficient (Wildman–Crippen LogP) is 3.67. The first-order valence-corrected chi connectivity index (χ1v) is 7.47. The van der Waals surface area contributed by atoms with Crippen LogP contribution in [0.3, 0.4) is 0 Å². The highest BCUT2D eigenvalue weighted by Gasteiger charge is 2.41. The quantitative estimate of drug-likeness (QED) is 0.458. The predicted molar refractivity (Wildman–Crippen MR) is 58.5 cm³/mol. The van der Waals surface area contributed by atoms with Crippen LogP contribution in [0.25, 0.3) is 0 Å². The molecule has 0 aromatic carbocycles. The van der Waals surface area contributed by atoms with Crippen LogP contribution in [-0.2, 0) is 21.1 Å². The molecule has 0 amide bonds. The molecule has 21 heavy (non-hydrogen) atoms. The van der Waals surface area contributed by atoms with E-state index in [9.17, 15) is 34.8 Å². The van der Waals surface area contributed by atoms with E-state index in [-0.39, 0.29) is 6.07 Å². The molecule has 0 aliphatic rings. The molecular weight excluding hydrogens is 375 g/mol. The van der Waals surface area contributed by atoms with Crippen LogP contribution in [0, 0.1) is 0 Å².